The van der Waals surface area contributed by atoms with Crippen LogP contribution in [0.1, 0.15) is 34.6 Å². The van der Waals surface area contributed by atoms with Gasteiger partial charge < -0.3 is 19.9 Å². The van der Waals surface area contributed by atoms with E-state index in [0.717, 1.165) is 6.54 Å². The summed E-state index contributed by atoms with van der Waals surface area (Å²) in [6, 6.07) is 0.459. The molecule has 0 spiro atoms. The molecule has 20 heavy (non-hydrogen) atoms. The molecule has 1 aromatic rings. The van der Waals surface area contributed by atoms with E-state index in [1.807, 2.05) is 38.5 Å². The molecule has 0 fully saturated rings. The van der Waals surface area contributed by atoms with E-state index in [1.165, 1.54) is 0 Å². The average molecular weight is 282 g/mol. The van der Waals surface area contributed by atoms with E-state index in [0.29, 0.717) is 12.6 Å². The third-order valence-electron chi connectivity index (χ3n) is 2.56. The Balaban J connectivity index is 2.22. The number of nitrogens with zero attached hydrogens (tertiary/aromatic N) is 2. The van der Waals surface area contributed by atoms with Gasteiger partial charge in [0, 0.05) is 37.6 Å². The number of nitrogens with one attached hydrogen (secondary N) is 2. The Bertz CT molecular complexity index is 398. The second-order valence-corrected chi connectivity index (χ2v) is 6.11. The normalized spacial score (nSPS) is 14.7. The number of ether oxygens (including phenoxy) is 1. The zero-order valence-electron chi connectivity index (χ0n) is 13.0. The van der Waals surface area contributed by atoms with Crippen molar-refractivity contribution in [3.05, 3.63) is 18.7 Å². The second-order valence-electron chi connectivity index (χ2n) is 6.11. The zero-order chi connectivity index (χ0) is 15.2. The summed E-state index contributed by atoms with van der Waals surface area (Å²) in [5.41, 5.74) is -0.463. The van der Waals surface area contributed by atoms with Crippen LogP contribution >= 0.6 is 0 Å². The summed E-state index contributed by atoms with van der Waals surface area (Å²) in [6.07, 6.45) is 5.11. The lowest BCUT2D eigenvalue weighted by Crippen LogP contribution is -2.45. The fourth-order valence-corrected chi connectivity index (χ4v) is 1.86. The molecule has 114 valence electrons. The van der Waals surface area contributed by atoms with Gasteiger partial charge in [0.15, 0.2) is 0 Å². The molecule has 0 saturated heterocycles. The Morgan fingerprint density at radius 3 is 2.60 bits per heavy atom. The molecule has 0 aliphatic carbocycles. The van der Waals surface area contributed by atoms with Crippen LogP contribution in [0.25, 0.3) is 0 Å². The first-order chi connectivity index (χ1) is 9.26. The lowest BCUT2D eigenvalue weighted by atomic mass is 10.2. The highest BCUT2D eigenvalue weighted by molar-refractivity contribution is 5.67. The number of hydrogen-bond donors (Lipinski definition) is 2. The van der Waals surface area contributed by atoms with E-state index in [2.05, 4.69) is 22.5 Å². The molecule has 2 atom stereocenters. The predicted octanol–water partition coefficient (Wildman–Crippen LogP) is 1.77. The Labute approximate surface area is 120 Å². The minimum atomic E-state index is -0.463. The van der Waals surface area contributed by atoms with Crippen LogP contribution in [0, 0.1) is 0 Å². The zero-order valence-corrected chi connectivity index (χ0v) is 13.0. The number of rotatable bonds is 6. The molecule has 0 aromatic carbocycles. The minimum Gasteiger partial charge on any atom is -0.444 e. The van der Waals surface area contributed by atoms with Gasteiger partial charge in [-0.2, -0.15) is 0 Å². The molecule has 2 unspecified atom stereocenters. The van der Waals surface area contributed by atoms with Crippen LogP contribution in [0.4, 0.5) is 4.79 Å². The van der Waals surface area contributed by atoms with Crippen LogP contribution in [0.3, 0.4) is 0 Å². The number of carbonyl (C=O) groups excluding carboxylic acids is 1. The minimum absolute atomic E-state index is 0.168. The Morgan fingerprint density at radius 1 is 1.35 bits per heavy atom. The summed E-state index contributed by atoms with van der Waals surface area (Å²) in [4.78, 5) is 15.5. The highest BCUT2D eigenvalue weighted by atomic mass is 16.6. The highest BCUT2D eigenvalue weighted by Crippen LogP contribution is 2.06. The molecule has 0 aliphatic rings. The lowest BCUT2D eigenvalue weighted by molar-refractivity contribution is 0.0522. The number of carbonyl (C=O) groups is 1. The van der Waals surface area contributed by atoms with Crippen molar-refractivity contribution in [2.45, 2.75) is 58.8 Å². The van der Waals surface area contributed by atoms with Gasteiger partial charge in [-0.25, -0.2) is 9.78 Å². The number of imidazole rings is 1. The van der Waals surface area contributed by atoms with E-state index in [9.17, 15) is 4.79 Å². The Hall–Kier alpha value is -1.56. The lowest BCUT2D eigenvalue weighted by Gasteiger charge is -2.23. The fourth-order valence-electron chi connectivity index (χ4n) is 1.86. The molecule has 1 amide bonds. The van der Waals surface area contributed by atoms with Gasteiger partial charge in [-0.15, -0.1) is 0 Å². The molecule has 2 N–H and O–H groups in total. The third kappa shape index (κ3) is 7.13. The molecule has 6 heteroatoms. The van der Waals surface area contributed by atoms with Gasteiger partial charge in [0.25, 0.3) is 0 Å². The predicted molar refractivity (Wildman–Crippen MR) is 78.5 cm³/mol. The first-order valence-electron chi connectivity index (χ1n) is 6.95. The van der Waals surface area contributed by atoms with Crippen molar-refractivity contribution in [3.8, 4) is 0 Å². The van der Waals surface area contributed by atoms with Crippen molar-refractivity contribution in [2.24, 2.45) is 0 Å². The molecule has 6 nitrogen and oxygen atoms in total. The van der Waals surface area contributed by atoms with Crippen molar-refractivity contribution in [3.63, 3.8) is 0 Å². The first kappa shape index (κ1) is 16.5. The number of amides is 1. The topological polar surface area (TPSA) is 68.2 Å². The van der Waals surface area contributed by atoms with Crippen molar-refractivity contribution in [1.29, 1.82) is 0 Å². The molecule has 1 aromatic heterocycles. The Morgan fingerprint density at radius 2 is 2.05 bits per heavy atom. The number of alkyl carbamates (subject to hydrolysis) is 1. The van der Waals surface area contributed by atoms with Gasteiger partial charge >= 0.3 is 6.09 Å². The molecule has 0 radical (unpaired) electrons. The van der Waals surface area contributed by atoms with E-state index < -0.39 is 5.60 Å². The van der Waals surface area contributed by atoms with Gasteiger partial charge in [0.1, 0.15) is 5.60 Å². The average Bonchev–Trinajstić information content (AvgIpc) is 2.76. The van der Waals surface area contributed by atoms with Crippen LogP contribution < -0.4 is 10.6 Å². The maximum absolute atomic E-state index is 11.5. The molecular formula is C14H26N4O2. The third-order valence-corrected chi connectivity index (χ3v) is 2.56. The standard InChI is InChI=1S/C14H26N4O2/c1-11(8-16-13(19)20-14(3,4)5)17-12(2)9-18-7-6-15-10-18/h6-7,10-12,17H,8-9H2,1-5H3,(H,16,19). The quantitative estimate of drug-likeness (QED) is 0.834. The number of hydrogen-bond acceptors (Lipinski definition) is 4. The van der Waals surface area contributed by atoms with E-state index in [1.54, 1.807) is 12.5 Å². The van der Waals surface area contributed by atoms with Crippen LogP contribution in [0.2, 0.25) is 0 Å². The second kappa shape index (κ2) is 7.28. The fraction of sp³-hybridized carbons (Fsp3) is 0.714. The van der Waals surface area contributed by atoms with Gasteiger partial charge in [-0.1, -0.05) is 0 Å². The summed E-state index contributed by atoms with van der Waals surface area (Å²) in [5.74, 6) is 0. The maximum atomic E-state index is 11.5. The largest absolute Gasteiger partial charge is 0.444 e. The van der Waals surface area contributed by atoms with Crippen molar-refractivity contribution >= 4 is 6.09 Å². The van der Waals surface area contributed by atoms with Crippen LogP contribution in [0.5, 0.6) is 0 Å². The van der Waals surface area contributed by atoms with Crippen LogP contribution in [0.15, 0.2) is 18.7 Å². The van der Waals surface area contributed by atoms with Crippen molar-refractivity contribution in [1.82, 2.24) is 20.2 Å². The van der Waals surface area contributed by atoms with Gasteiger partial charge in [0.2, 0.25) is 0 Å². The summed E-state index contributed by atoms with van der Waals surface area (Å²) in [7, 11) is 0. The molecule has 0 saturated carbocycles. The van der Waals surface area contributed by atoms with E-state index >= 15 is 0 Å². The number of aromatic nitrogens is 2. The highest BCUT2D eigenvalue weighted by Gasteiger charge is 2.16. The summed E-state index contributed by atoms with van der Waals surface area (Å²) in [5, 5.41) is 6.18. The maximum Gasteiger partial charge on any atom is 0.407 e. The van der Waals surface area contributed by atoms with Gasteiger partial charge in [-0.05, 0) is 34.6 Å². The molecular weight excluding hydrogens is 256 g/mol. The molecule has 1 rings (SSSR count). The van der Waals surface area contributed by atoms with Crippen LogP contribution in [-0.2, 0) is 11.3 Å². The molecule has 0 aliphatic heterocycles. The SMILES string of the molecule is CC(CNC(=O)OC(C)(C)C)NC(C)Cn1ccnc1. The smallest absolute Gasteiger partial charge is 0.407 e. The van der Waals surface area contributed by atoms with Gasteiger partial charge in [0.05, 0.1) is 6.33 Å². The first-order valence-corrected chi connectivity index (χ1v) is 6.95. The molecule has 1 heterocycles. The van der Waals surface area contributed by atoms with E-state index in [4.69, 9.17) is 4.74 Å². The van der Waals surface area contributed by atoms with Crippen LogP contribution in [-0.4, -0.2) is 39.9 Å². The van der Waals surface area contributed by atoms with Crippen molar-refractivity contribution < 1.29 is 9.53 Å². The monoisotopic (exact) mass is 282 g/mol. The summed E-state index contributed by atoms with van der Waals surface area (Å²) < 4.78 is 7.21. The van der Waals surface area contributed by atoms with E-state index in [-0.39, 0.29) is 12.1 Å². The summed E-state index contributed by atoms with van der Waals surface area (Å²) in [6.45, 7) is 11.1. The van der Waals surface area contributed by atoms with Gasteiger partial charge in [-0.3, -0.25) is 0 Å². The van der Waals surface area contributed by atoms with Crippen molar-refractivity contribution in [2.75, 3.05) is 6.54 Å². The summed E-state index contributed by atoms with van der Waals surface area (Å²) >= 11 is 0. The Kier molecular flexibility index (Phi) is 6.01. The molecule has 0 bridgehead atoms.